The molecule has 4 aromatic carbocycles. The van der Waals surface area contributed by atoms with Gasteiger partial charge in [0.2, 0.25) is 17.5 Å². The molecule has 10 nitrogen and oxygen atoms in total. The molecule has 1 fully saturated rings. The number of hydrogen-bond donors (Lipinski definition) is 0. The number of thiazole rings is 1. The Hall–Kier alpha value is -5.69. The number of amides is 1. The van der Waals surface area contributed by atoms with Crippen molar-refractivity contribution in [1.29, 1.82) is 0 Å². The van der Waals surface area contributed by atoms with Gasteiger partial charge in [-0.3, -0.25) is 9.69 Å². The lowest BCUT2D eigenvalue weighted by atomic mass is 10.1. The number of pyridine rings is 1. The molecule has 0 aliphatic carbocycles. The van der Waals surface area contributed by atoms with E-state index < -0.39 is 0 Å². The van der Waals surface area contributed by atoms with E-state index in [1.165, 1.54) is 23.3 Å². The second-order valence-electron chi connectivity index (χ2n) is 12.9. The molecule has 0 N–H and O–H groups in total. The molecule has 1 saturated heterocycles. The van der Waals surface area contributed by atoms with Crippen molar-refractivity contribution < 1.29 is 32.9 Å². The number of rotatable bonds is 15. The number of carbonyl (C=O) groups excluding carboxylic acids is 1. The first-order valence-electron chi connectivity index (χ1n) is 17.9. The van der Waals surface area contributed by atoms with Crippen molar-refractivity contribution in [2.45, 2.75) is 19.6 Å². The Balaban J connectivity index is 0.00000532. The number of fused-ring (bicyclic) bond motifs is 1. The molecule has 0 radical (unpaired) electrons. The van der Waals surface area contributed by atoms with Crippen LogP contribution in [-0.4, -0.2) is 72.7 Å². The summed E-state index contributed by atoms with van der Waals surface area (Å²) in [7, 11) is 3.10. The summed E-state index contributed by atoms with van der Waals surface area (Å²) in [5.74, 6) is 2.52. The average molecular weight is 797 g/mol. The van der Waals surface area contributed by atoms with E-state index in [4.69, 9.17) is 23.7 Å². The van der Waals surface area contributed by atoms with Crippen molar-refractivity contribution in [2.24, 2.45) is 0 Å². The third kappa shape index (κ3) is 10.5. The van der Waals surface area contributed by atoms with Gasteiger partial charge in [0.25, 0.3) is 0 Å². The standard InChI is InChI=1S/C43H41FN4O6S.ClH/c1-50-38-23-32(24-39(51-2)43(38)54-41-15-13-36(26-45-41)53-28-33-7-14-37-40(25-33)55-29-46-37)8-16-42(49)48-20-18-47(19-21-48)27-31-5-3-30(4-6-31)17-22-52-35-11-9-34(44)10-12-35;/h3-16,23-26,29H,17-22,27-28H2,1-2H3;1H/b16-8+;. The molecule has 0 atom stereocenters. The highest BCUT2D eigenvalue weighted by atomic mass is 35.5. The van der Waals surface area contributed by atoms with Crippen molar-refractivity contribution in [3.8, 4) is 34.6 Å². The van der Waals surface area contributed by atoms with Gasteiger partial charge in [-0.25, -0.2) is 14.4 Å². The molecule has 0 unspecified atom stereocenters. The van der Waals surface area contributed by atoms with E-state index in [1.54, 1.807) is 80.3 Å². The molecule has 1 aliphatic heterocycles. The second-order valence-corrected chi connectivity index (χ2v) is 13.8. The molecule has 0 spiro atoms. The molecular formula is C43H42ClFN4O6S. The van der Waals surface area contributed by atoms with Gasteiger partial charge < -0.3 is 28.6 Å². The maximum atomic E-state index is 13.2. The fraction of sp³-hybridized carbons (Fsp3) is 0.233. The number of ether oxygens (including phenoxy) is 5. The number of halogens is 2. The van der Waals surface area contributed by atoms with Gasteiger partial charge in [-0.1, -0.05) is 30.3 Å². The molecule has 290 valence electrons. The average Bonchev–Trinajstić information content (AvgIpc) is 3.70. The van der Waals surface area contributed by atoms with E-state index in [0.717, 1.165) is 47.4 Å². The van der Waals surface area contributed by atoms with Crippen molar-refractivity contribution in [3.63, 3.8) is 0 Å². The van der Waals surface area contributed by atoms with Crippen LogP contribution in [0.1, 0.15) is 22.3 Å². The summed E-state index contributed by atoms with van der Waals surface area (Å²) in [5, 5.41) is 0. The summed E-state index contributed by atoms with van der Waals surface area (Å²) in [4.78, 5) is 26.1. The zero-order valence-corrected chi connectivity index (χ0v) is 32.7. The van der Waals surface area contributed by atoms with Crippen molar-refractivity contribution >= 4 is 45.9 Å². The normalized spacial score (nSPS) is 13.0. The van der Waals surface area contributed by atoms with Crippen molar-refractivity contribution in [3.05, 3.63) is 137 Å². The highest BCUT2D eigenvalue weighted by Gasteiger charge is 2.20. The van der Waals surface area contributed by atoms with E-state index in [-0.39, 0.29) is 24.1 Å². The summed E-state index contributed by atoms with van der Waals surface area (Å²) in [5.41, 5.74) is 6.98. The van der Waals surface area contributed by atoms with E-state index in [1.807, 2.05) is 22.5 Å². The van der Waals surface area contributed by atoms with Gasteiger partial charge in [0.15, 0.2) is 11.5 Å². The summed E-state index contributed by atoms with van der Waals surface area (Å²) in [6.07, 6.45) is 5.71. The predicted octanol–water partition coefficient (Wildman–Crippen LogP) is 8.62. The first kappa shape index (κ1) is 40.0. The monoisotopic (exact) mass is 796 g/mol. The number of carbonyl (C=O) groups is 1. The largest absolute Gasteiger partial charge is 0.493 e. The smallest absolute Gasteiger partial charge is 0.246 e. The maximum Gasteiger partial charge on any atom is 0.246 e. The molecule has 0 saturated carbocycles. The maximum absolute atomic E-state index is 13.2. The molecule has 3 heterocycles. The lowest BCUT2D eigenvalue weighted by Crippen LogP contribution is -2.47. The van der Waals surface area contributed by atoms with Crippen LogP contribution in [0, 0.1) is 5.82 Å². The molecule has 0 bridgehead atoms. The Morgan fingerprint density at radius 1 is 0.804 bits per heavy atom. The van der Waals surface area contributed by atoms with E-state index in [0.29, 0.717) is 60.9 Å². The van der Waals surface area contributed by atoms with Crippen LogP contribution >= 0.6 is 23.7 Å². The van der Waals surface area contributed by atoms with Gasteiger partial charge in [0, 0.05) is 51.3 Å². The number of aromatic nitrogens is 2. The van der Waals surface area contributed by atoms with Gasteiger partial charge in [-0.05, 0) is 82.9 Å². The molecule has 56 heavy (non-hydrogen) atoms. The summed E-state index contributed by atoms with van der Waals surface area (Å²) >= 11 is 1.60. The van der Waals surface area contributed by atoms with Gasteiger partial charge in [-0.2, -0.15) is 0 Å². The van der Waals surface area contributed by atoms with Crippen LogP contribution in [0.15, 0.2) is 109 Å². The molecule has 1 aliphatic rings. The van der Waals surface area contributed by atoms with Crippen molar-refractivity contribution in [1.82, 2.24) is 19.8 Å². The molecular weight excluding hydrogens is 755 g/mol. The molecule has 13 heteroatoms. The van der Waals surface area contributed by atoms with Gasteiger partial charge in [0.1, 0.15) is 23.9 Å². The van der Waals surface area contributed by atoms with Crippen LogP contribution in [0.2, 0.25) is 0 Å². The minimum absolute atomic E-state index is 0. The molecule has 1 amide bonds. The number of piperazine rings is 1. The third-order valence-electron chi connectivity index (χ3n) is 9.20. The van der Waals surface area contributed by atoms with Crippen LogP contribution in [0.3, 0.4) is 0 Å². The van der Waals surface area contributed by atoms with Crippen LogP contribution in [0.4, 0.5) is 4.39 Å². The predicted molar refractivity (Wildman–Crippen MR) is 218 cm³/mol. The Morgan fingerprint density at radius 3 is 2.20 bits per heavy atom. The zero-order chi connectivity index (χ0) is 38.0. The van der Waals surface area contributed by atoms with E-state index in [9.17, 15) is 9.18 Å². The first-order chi connectivity index (χ1) is 26.9. The molecule has 2 aromatic heterocycles. The van der Waals surface area contributed by atoms with Crippen molar-refractivity contribution in [2.75, 3.05) is 47.0 Å². The summed E-state index contributed by atoms with van der Waals surface area (Å²) in [6.45, 7) is 4.59. The minimum Gasteiger partial charge on any atom is -0.493 e. The molecule has 6 aromatic rings. The fourth-order valence-corrected chi connectivity index (χ4v) is 6.90. The number of benzene rings is 4. The highest BCUT2D eigenvalue weighted by molar-refractivity contribution is 7.16. The Kier molecular flexibility index (Phi) is 13.7. The lowest BCUT2D eigenvalue weighted by Gasteiger charge is -2.34. The number of nitrogens with zero attached hydrogens (tertiary/aromatic N) is 4. The van der Waals surface area contributed by atoms with Crippen LogP contribution < -0.4 is 23.7 Å². The minimum atomic E-state index is -0.276. The number of methoxy groups -OCH3 is 2. The SMILES string of the molecule is COc1cc(/C=C/C(=O)N2CCN(Cc3ccc(CCOc4ccc(F)cc4)cc3)CC2)cc(OC)c1Oc1ccc(OCc2ccc3ncsc3c2)cn1.Cl. The Labute approximate surface area is 335 Å². The second kappa shape index (κ2) is 19.3. The Bertz CT molecular complexity index is 2200. The highest BCUT2D eigenvalue weighted by Crippen LogP contribution is 2.41. The Morgan fingerprint density at radius 2 is 1.50 bits per heavy atom. The fourth-order valence-electron chi connectivity index (χ4n) is 6.16. The topological polar surface area (TPSA) is 95.5 Å². The van der Waals surface area contributed by atoms with Gasteiger partial charge >= 0.3 is 0 Å². The third-order valence-corrected chi connectivity index (χ3v) is 10.00. The van der Waals surface area contributed by atoms with Crippen LogP contribution in [-0.2, 0) is 24.4 Å². The summed E-state index contributed by atoms with van der Waals surface area (Å²) in [6, 6.07) is 27.8. The zero-order valence-electron chi connectivity index (χ0n) is 31.1. The van der Waals surface area contributed by atoms with Gasteiger partial charge in [-0.15, -0.1) is 23.7 Å². The van der Waals surface area contributed by atoms with Crippen LogP contribution in [0.25, 0.3) is 16.3 Å². The quantitative estimate of drug-likeness (QED) is 0.0948. The van der Waals surface area contributed by atoms with E-state index in [2.05, 4.69) is 45.2 Å². The number of hydrogen-bond acceptors (Lipinski definition) is 10. The van der Waals surface area contributed by atoms with E-state index >= 15 is 0 Å². The lowest BCUT2D eigenvalue weighted by molar-refractivity contribution is -0.127. The first-order valence-corrected chi connectivity index (χ1v) is 18.8. The van der Waals surface area contributed by atoms with Crippen LogP contribution in [0.5, 0.6) is 34.6 Å². The van der Waals surface area contributed by atoms with Gasteiger partial charge in [0.05, 0.1) is 42.8 Å². The molecule has 7 rings (SSSR count). The summed E-state index contributed by atoms with van der Waals surface area (Å²) < 4.78 is 43.3.